The van der Waals surface area contributed by atoms with Gasteiger partial charge in [0.2, 0.25) is 0 Å². The molecule has 2 aromatic carbocycles. The molecule has 3 N–H and O–H groups in total. The predicted molar refractivity (Wildman–Crippen MR) is 148 cm³/mol. The largest absolute Gasteiger partial charge is 0.480 e. The van der Waals surface area contributed by atoms with Crippen LogP contribution in [0.1, 0.15) is 51.3 Å². The second-order valence-corrected chi connectivity index (χ2v) is 9.84. The van der Waals surface area contributed by atoms with Crippen LogP contribution in [0.25, 0.3) is 0 Å². The van der Waals surface area contributed by atoms with Crippen molar-refractivity contribution in [1.82, 2.24) is 10.3 Å². The van der Waals surface area contributed by atoms with Crippen molar-refractivity contribution in [2.75, 3.05) is 29.9 Å². The third kappa shape index (κ3) is 6.37. The van der Waals surface area contributed by atoms with E-state index in [2.05, 4.69) is 20.5 Å². The van der Waals surface area contributed by atoms with Gasteiger partial charge in [-0.3, -0.25) is 9.59 Å². The molecule has 1 aromatic heterocycles. The van der Waals surface area contributed by atoms with Gasteiger partial charge in [0, 0.05) is 55.0 Å². The topological polar surface area (TPSA) is 112 Å². The van der Waals surface area contributed by atoms with Gasteiger partial charge in [-0.1, -0.05) is 25.1 Å². The number of nitrogens with one attached hydrogen (secondary N) is 2. The van der Waals surface area contributed by atoms with Gasteiger partial charge in [0.15, 0.2) is 5.78 Å². The fourth-order valence-electron chi connectivity index (χ4n) is 4.80. The Labute approximate surface area is 223 Å². The van der Waals surface area contributed by atoms with Crippen molar-refractivity contribution >= 4 is 29.2 Å². The molecule has 1 atom stereocenters. The zero-order valence-electron chi connectivity index (χ0n) is 22.0. The second-order valence-electron chi connectivity index (χ2n) is 9.84. The van der Waals surface area contributed by atoms with Gasteiger partial charge in [0.1, 0.15) is 11.9 Å². The average Bonchev–Trinajstić information content (AvgIpc) is 2.88. The maximum atomic E-state index is 13.1. The van der Waals surface area contributed by atoms with Crippen LogP contribution in [0.2, 0.25) is 0 Å². The minimum absolute atomic E-state index is 0.0727. The minimum atomic E-state index is -1.09. The van der Waals surface area contributed by atoms with Gasteiger partial charge >= 0.3 is 5.97 Å². The number of carboxylic acids is 1. The van der Waals surface area contributed by atoms with Gasteiger partial charge in [0.05, 0.1) is 0 Å². The highest BCUT2D eigenvalue weighted by Crippen LogP contribution is 2.26. The molecule has 1 aliphatic heterocycles. The monoisotopic (exact) mass is 514 g/mol. The molecular weight excluding hydrogens is 480 g/mol. The Hall–Kier alpha value is -4.20. The summed E-state index contributed by atoms with van der Waals surface area (Å²) in [6, 6.07) is 16.0. The summed E-state index contributed by atoms with van der Waals surface area (Å²) in [7, 11) is 0. The van der Waals surface area contributed by atoms with Crippen LogP contribution in [0.5, 0.6) is 0 Å². The SMILES string of the molecule is CCc1cc(C(C)=O)cc(C)c1C(=O)NC(Cc1ccc(N2CC(CNc3ccccn3)C2)cc1)C(=O)O. The summed E-state index contributed by atoms with van der Waals surface area (Å²) in [5, 5.41) is 15.9. The van der Waals surface area contributed by atoms with Crippen LogP contribution in [-0.4, -0.2) is 53.4 Å². The third-order valence-corrected chi connectivity index (χ3v) is 6.97. The lowest BCUT2D eigenvalue weighted by atomic mass is 9.94. The van der Waals surface area contributed by atoms with Gasteiger partial charge in [-0.2, -0.15) is 0 Å². The van der Waals surface area contributed by atoms with E-state index >= 15 is 0 Å². The number of carboxylic acid groups (broad SMARTS) is 1. The molecule has 0 aliphatic carbocycles. The van der Waals surface area contributed by atoms with Crippen molar-refractivity contribution in [3.63, 3.8) is 0 Å². The maximum Gasteiger partial charge on any atom is 0.326 e. The van der Waals surface area contributed by atoms with E-state index in [0.29, 0.717) is 29.0 Å². The molecule has 2 heterocycles. The Balaban J connectivity index is 1.35. The van der Waals surface area contributed by atoms with Crippen molar-refractivity contribution in [2.24, 2.45) is 5.92 Å². The Bertz CT molecular complexity index is 1300. The number of hydrogen-bond donors (Lipinski definition) is 3. The zero-order valence-corrected chi connectivity index (χ0v) is 22.0. The quantitative estimate of drug-likeness (QED) is 0.330. The molecule has 1 aliphatic rings. The second kappa shape index (κ2) is 11.9. The van der Waals surface area contributed by atoms with Crippen LogP contribution in [0.15, 0.2) is 60.8 Å². The lowest BCUT2D eigenvalue weighted by molar-refractivity contribution is -0.139. The molecule has 8 heteroatoms. The summed E-state index contributed by atoms with van der Waals surface area (Å²) in [4.78, 5) is 43.5. The predicted octanol–water partition coefficient (Wildman–Crippen LogP) is 4.13. The van der Waals surface area contributed by atoms with E-state index in [-0.39, 0.29) is 12.2 Å². The molecule has 3 aromatic rings. The van der Waals surface area contributed by atoms with Crippen molar-refractivity contribution < 1.29 is 19.5 Å². The molecule has 198 valence electrons. The van der Waals surface area contributed by atoms with E-state index in [1.165, 1.54) is 6.92 Å². The number of aliphatic carboxylic acids is 1. The molecule has 0 saturated carbocycles. The number of benzene rings is 2. The number of hydrogen-bond acceptors (Lipinski definition) is 6. The molecule has 0 radical (unpaired) electrons. The molecule has 8 nitrogen and oxygen atoms in total. The lowest BCUT2D eigenvalue weighted by Crippen LogP contribution is -2.49. The van der Waals surface area contributed by atoms with Crippen LogP contribution in [0.4, 0.5) is 11.5 Å². The standard InChI is InChI=1S/C30H34N4O4/c1-4-23-15-24(20(3)35)13-19(2)28(23)29(36)33-26(30(37)38)14-21-8-10-25(11-9-21)34-17-22(18-34)16-32-27-7-5-6-12-31-27/h5-13,15,22,26H,4,14,16-18H2,1-3H3,(H,31,32)(H,33,36)(H,37,38). The molecule has 0 spiro atoms. The van der Waals surface area contributed by atoms with E-state index in [9.17, 15) is 19.5 Å². The summed E-state index contributed by atoms with van der Waals surface area (Å²) in [5.41, 5.74) is 4.28. The Morgan fingerprint density at radius 2 is 1.84 bits per heavy atom. The first-order valence-corrected chi connectivity index (χ1v) is 12.9. The normalized spacial score (nSPS) is 13.9. The van der Waals surface area contributed by atoms with Gasteiger partial charge in [-0.25, -0.2) is 9.78 Å². The van der Waals surface area contributed by atoms with Crippen LogP contribution in [-0.2, 0) is 17.6 Å². The first-order valence-electron chi connectivity index (χ1n) is 12.9. The smallest absolute Gasteiger partial charge is 0.326 e. The molecule has 1 unspecified atom stereocenters. The Morgan fingerprint density at radius 1 is 1.11 bits per heavy atom. The van der Waals surface area contributed by atoms with Crippen LogP contribution in [0, 0.1) is 12.8 Å². The molecule has 1 amide bonds. The minimum Gasteiger partial charge on any atom is -0.480 e. The van der Waals surface area contributed by atoms with Gasteiger partial charge in [-0.05, 0) is 73.4 Å². The number of amides is 1. The molecule has 0 bridgehead atoms. The van der Waals surface area contributed by atoms with E-state index in [1.54, 1.807) is 25.3 Å². The summed E-state index contributed by atoms with van der Waals surface area (Å²) >= 11 is 0. The first-order chi connectivity index (χ1) is 18.2. The van der Waals surface area contributed by atoms with Crippen molar-refractivity contribution in [1.29, 1.82) is 0 Å². The van der Waals surface area contributed by atoms with E-state index < -0.39 is 17.9 Å². The Morgan fingerprint density at radius 3 is 2.45 bits per heavy atom. The number of rotatable bonds is 11. The maximum absolute atomic E-state index is 13.1. The summed E-state index contributed by atoms with van der Waals surface area (Å²) in [5.74, 6) is -0.195. The van der Waals surface area contributed by atoms with Crippen molar-refractivity contribution in [3.05, 3.63) is 88.6 Å². The molecule has 38 heavy (non-hydrogen) atoms. The molecule has 1 saturated heterocycles. The zero-order chi connectivity index (χ0) is 27.2. The highest BCUT2D eigenvalue weighted by Gasteiger charge is 2.27. The summed E-state index contributed by atoms with van der Waals surface area (Å²) in [6.45, 7) is 7.90. The van der Waals surface area contributed by atoms with E-state index in [0.717, 1.165) is 42.3 Å². The van der Waals surface area contributed by atoms with E-state index in [1.807, 2.05) is 49.4 Å². The summed E-state index contributed by atoms with van der Waals surface area (Å²) < 4.78 is 0. The molecule has 4 rings (SSSR count). The number of Topliss-reactive ketones (excluding diaryl/α,β-unsaturated/α-hetero) is 1. The van der Waals surface area contributed by atoms with Gasteiger partial charge < -0.3 is 20.6 Å². The fourth-order valence-corrected chi connectivity index (χ4v) is 4.80. The van der Waals surface area contributed by atoms with Crippen LogP contribution >= 0.6 is 0 Å². The molecular formula is C30H34N4O4. The van der Waals surface area contributed by atoms with Crippen molar-refractivity contribution in [3.8, 4) is 0 Å². The van der Waals surface area contributed by atoms with Crippen LogP contribution in [0.3, 0.4) is 0 Å². The first kappa shape index (κ1) is 26.9. The highest BCUT2D eigenvalue weighted by atomic mass is 16.4. The average molecular weight is 515 g/mol. The lowest BCUT2D eigenvalue weighted by Gasteiger charge is -2.41. The number of nitrogens with zero attached hydrogens (tertiary/aromatic N) is 2. The van der Waals surface area contributed by atoms with E-state index in [4.69, 9.17) is 0 Å². The number of pyridine rings is 1. The number of aromatic nitrogens is 1. The number of ketones is 1. The number of anilines is 2. The molecule has 1 fully saturated rings. The van der Waals surface area contributed by atoms with Crippen LogP contribution < -0.4 is 15.5 Å². The number of aryl methyl sites for hydroxylation is 2. The van der Waals surface area contributed by atoms with Crippen molar-refractivity contribution in [2.45, 2.75) is 39.7 Å². The number of carbonyl (C=O) groups is 3. The van der Waals surface area contributed by atoms with Gasteiger partial charge in [0.25, 0.3) is 5.91 Å². The Kier molecular flexibility index (Phi) is 8.41. The highest BCUT2D eigenvalue weighted by molar-refractivity contribution is 6.01. The number of carbonyl (C=O) groups excluding carboxylic acids is 2. The third-order valence-electron chi connectivity index (χ3n) is 6.97. The fraction of sp³-hybridized carbons (Fsp3) is 0.333. The summed E-state index contributed by atoms with van der Waals surface area (Å²) in [6.07, 6.45) is 2.50. The van der Waals surface area contributed by atoms with Gasteiger partial charge in [-0.15, -0.1) is 0 Å².